The molecule has 0 N–H and O–H groups in total. The van der Waals surface area contributed by atoms with E-state index in [1.165, 1.54) is 28.2 Å². The smallest absolute Gasteiger partial charge is 0.379 e. The van der Waals surface area contributed by atoms with Gasteiger partial charge in [-0.15, -0.1) is 0 Å². The van der Waals surface area contributed by atoms with Crippen LogP contribution in [0.1, 0.15) is 48.5 Å². The van der Waals surface area contributed by atoms with Crippen molar-refractivity contribution in [2.24, 2.45) is 4.99 Å². The summed E-state index contributed by atoms with van der Waals surface area (Å²) in [6, 6.07) is 14.5. The Kier molecular flexibility index (Phi) is 8.39. The second-order valence-corrected chi connectivity index (χ2v) is 10.1. The molecule has 1 atom stereocenters. The van der Waals surface area contributed by atoms with Crippen molar-refractivity contribution in [2.45, 2.75) is 26.8 Å². The zero-order valence-electron chi connectivity index (χ0n) is 23.4. The number of methoxy groups -OCH3 is 1. The quantitative estimate of drug-likeness (QED) is 0.213. The van der Waals surface area contributed by atoms with Gasteiger partial charge in [-0.05, 0) is 74.4 Å². The molecule has 42 heavy (non-hydrogen) atoms. The van der Waals surface area contributed by atoms with Crippen molar-refractivity contribution in [1.82, 2.24) is 4.57 Å². The van der Waals surface area contributed by atoms with Crippen molar-refractivity contribution in [3.63, 3.8) is 0 Å². The third-order valence-corrected chi connectivity index (χ3v) is 7.42. The minimum atomic E-state index is -0.740. The van der Waals surface area contributed by atoms with E-state index in [0.717, 1.165) is 0 Å². The molecule has 2 aromatic carbocycles. The number of thiazole rings is 1. The summed E-state index contributed by atoms with van der Waals surface area (Å²) in [6.07, 6.45) is 3.09. The average Bonchev–Trinajstić information content (AvgIpc) is 3.63. The fourth-order valence-electron chi connectivity index (χ4n) is 4.56. The van der Waals surface area contributed by atoms with Crippen LogP contribution in [0, 0.1) is 0 Å². The van der Waals surface area contributed by atoms with E-state index in [0.29, 0.717) is 49.8 Å². The summed E-state index contributed by atoms with van der Waals surface area (Å²) < 4.78 is 28.9. The Bertz CT molecular complexity index is 1830. The predicted octanol–water partition coefficient (Wildman–Crippen LogP) is 4.02. The van der Waals surface area contributed by atoms with Crippen molar-refractivity contribution >= 4 is 29.4 Å². The van der Waals surface area contributed by atoms with Crippen molar-refractivity contribution in [3.05, 3.63) is 109 Å². The number of furan rings is 1. The number of allylic oxidation sites excluding steroid dienone is 1. The van der Waals surface area contributed by atoms with Crippen LogP contribution in [0.5, 0.6) is 17.2 Å². The van der Waals surface area contributed by atoms with Crippen molar-refractivity contribution < 1.29 is 33.0 Å². The third kappa shape index (κ3) is 5.64. The highest BCUT2D eigenvalue weighted by Gasteiger charge is 2.33. The Labute approximate surface area is 244 Å². The van der Waals surface area contributed by atoms with Gasteiger partial charge in [0.1, 0.15) is 5.75 Å². The number of hydrogen-bond acceptors (Lipinski definition) is 10. The molecule has 2 aromatic heterocycles. The molecule has 10 nitrogen and oxygen atoms in total. The number of ether oxygens (including phenoxy) is 4. The van der Waals surface area contributed by atoms with E-state index in [4.69, 9.17) is 23.4 Å². The molecular weight excluding hydrogens is 560 g/mol. The van der Waals surface area contributed by atoms with Gasteiger partial charge in [0.05, 0.1) is 48.4 Å². The van der Waals surface area contributed by atoms with Crippen molar-refractivity contribution in [3.8, 4) is 17.2 Å². The summed E-state index contributed by atoms with van der Waals surface area (Å²) in [5.41, 5.74) is 1.80. The number of nitrogens with zero attached hydrogens (tertiary/aromatic N) is 2. The molecule has 0 spiro atoms. The Morgan fingerprint density at radius 2 is 1.83 bits per heavy atom. The Morgan fingerprint density at radius 1 is 1.05 bits per heavy atom. The van der Waals surface area contributed by atoms with Gasteiger partial charge in [0.2, 0.25) is 5.76 Å². The van der Waals surface area contributed by atoms with Crippen LogP contribution in [0.4, 0.5) is 0 Å². The van der Waals surface area contributed by atoms with E-state index in [1.54, 1.807) is 63.4 Å². The van der Waals surface area contributed by atoms with Crippen LogP contribution in [-0.4, -0.2) is 36.8 Å². The molecule has 4 aromatic rings. The van der Waals surface area contributed by atoms with Gasteiger partial charge in [-0.2, -0.15) is 0 Å². The van der Waals surface area contributed by atoms with Gasteiger partial charge in [0.15, 0.2) is 16.3 Å². The standard InChI is InChI=1S/C31H28N2O8S/c1-5-38-24-16-19(9-14-22(24)41-29(35)23-8-7-15-40-23)17-25-28(34)33-27(20-10-12-21(37-4)13-11-20)26(30(36)39-6-2)18(3)32-31(33)42-25/h7-17,27H,5-6H2,1-4H3/b25-17-/t27-/m0/s1. The van der Waals surface area contributed by atoms with Crippen LogP contribution >= 0.6 is 11.3 Å². The molecular formula is C31H28N2O8S. The lowest BCUT2D eigenvalue weighted by atomic mass is 9.96. The molecule has 0 radical (unpaired) electrons. The largest absolute Gasteiger partial charge is 0.497 e. The highest BCUT2D eigenvalue weighted by molar-refractivity contribution is 7.07. The molecule has 0 fully saturated rings. The minimum absolute atomic E-state index is 0.0616. The van der Waals surface area contributed by atoms with Crippen molar-refractivity contribution in [2.75, 3.05) is 20.3 Å². The lowest BCUT2D eigenvalue weighted by Crippen LogP contribution is -2.39. The highest BCUT2D eigenvalue weighted by Crippen LogP contribution is 2.32. The fraction of sp³-hybridized carbons (Fsp3) is 0.226. The number of fused-ring (bicyclic) bond motifs is 1. The molecule has 216 valence electrons. The second-order valence-electron chi connectivity index (χ2n) is 9.08. The van der Waals surface area contributed by atoms with E-state index in [2.05, 4.69) is 4.99 Å². The van der Waals surface area contributed by atoms with Gasteiger partial charge in [-0.25, -0.2) is 14.6 Å². The van der Waals surface area contributed by atoms with Crippen LogP contribution in [0.15, 0.2) is 86.3 Å². The maximum Gasteiger partial charge on any atom is 0.379 e. The Morgan fingerprint density at radius 3 is 2.50 bits per heavy atom. The Hall–Kier alpha value is -4.90. The van der Waals surface area contributed by atoms with E-state index in [1.807, 2.05) is 19.1 Å². The molecule has 0 saturated carbocycles. The lowest BCUT2D eigenvalue weighted by molar-refractivity contribution is -0.139. The number of rotatable bonds is 9. The third-order valence-electron chi connectivity index (χ3n) is 6.44. The number of benzene rings is 2. The summed E-state index contributed by atoms with van der Waals surface area (Å²) >= 11 is 1.20. The average molecular weight is 589 g/mol. The first kappa shape index (κ1) is 28.6. The van der Waals surface area contributed by atoms with Gasteiger partial charge in [-0.3, -0.25) is 9.36 Å². The SMILES string of the molecule is CCOC(=O)C1=C(C)N=c2s/c(=C\c3ccc(OC(=O)c4ccco4)c(OCC)c3)c(=O)n2[C@H]1c1ccc(OC)cc1. The van der Waals surface area contributed by atoms with Crippen LogP contribution in [0.3, 0.4) is 0 Å². The topological polar surface area (TPSA) is 119 Å². The second kappa shape index (κ2) is 12.3. The zero-order chi connectivity index (χ0) is 29.8. The zero-order valence-corrected chi connectivity index (χ0v) is 24.2. The van der Waals surface area contributed by atoms with E-state index in [-0.39, 0.29) is 23.7 Å². The van der Waals surface area contributed by atoms with Crippen LogP contribution < -0.4 is 29.1 Å². The number of hydrogen-bond donors (Lipinski definition) is 0. The van der Waals surface area contributed by atoms with E-state index in [9.17, 15) is 14.4 Å². The van der Waals surface area contributed by atoms with Gasteiger partial charge in [-0.1, -0.05) is 29.5 Å². The maximum absolute atomic E-state index is 13.9. The number of aromatic nitrogens is 1. The normalized spacial score (nSPS) is 14.7. The molecule has 0 amide bonds. The molecule has 1 aliphatic rings. The highest BCUT2D eigenvalue weighted by atomic mass is 32.1. The molecule has 0 unspecified atom stereocenters. The fourth-order valence-corrected chi connectivity index (χ4v) is 5.60. The van der Waals surface area contributed by atoms with E-state index < -0.39 is 18.0 Å². The summed E-state index contributed by atoms with van der Waals surface area (Å²) in [4.78, 5) is 44.4. The van der Waals surface area contributed by atoms with Crippen LogP contribution in [-0.2, 0) is 9.53 Å². The molecule has 0 saturated heterocycles. The minimum Gasteiger partial charge on any atom is -0.497 e. The monoisotopic (exact) mass is 588 g/mol. The van der Waals surface area contributed by atoms with Crippen LogP contribution in [0.25, 0.3) is 6.08 Å². The number of carbonyl (C=O) groups is 2. The molecule has 3 heterocycles. The molecule has 0 bridgehead atoms. The van der Waals surface area contributed by atoms with Gasteiger partial charge < -0.3 is 23.4 Å². The van der Waals surface area contributed by atoms with Crippen LogP contribution in [0.2, 0.25) is 0 Å². The summed E-state index contributed by atoms with van der Waals surface area (Å²) in [7, 11) is 1.57. The lowest BCUT2D eigenvalue weighted by Gasteiger charge is -2.24. The molecule has 11 heteroatoms. The van der Waals surface area contributed by atoms with Gasteiger partial charge >= 0.3 is 11.9 Å². The van der Waals surface area contributed by atoms with Gasteiger partial charge in [0, 0.05) is 0 Å². The summed E-state index contributed by atoms with van der Waals surface area (Å²) in [6.45, 7) is 5.78. The number of esters is 2. The molecule has 1 aliphatic heterocycles. The summed E-state index contributed by atoms with van der Waals surface area (Å²) in [5.74, 6) is 0.0595. The first-order chi connectivity index (χ1) is 20.3. The predicted molar refractivity (Wildman–Crippen MR) is 155 cm³/mol. The van der Waals surface area contributed by atoms with Gasteiger partial charge in [0.25, 0.3) is 5.56 Å². The first-order valence-electron chi connectivity index (χ1n) is 13.2. The van der Waals surface area contributed by atoms with Crippen molar-refractivity contribution in [1.29, 1.82) is 0 Å². The Balaban J connectivity index is 1.58. The first-order valence-corrected chi connectivity index (χ1v) is 14.0. The molecule has 5 rings (SSSR count). The maximum atomic E-state index is 13.9. The summed E-state index contributed by atoms with van der Waals surface area (Å²) in [5, 5.41) is 0. The molecule has 0 aliphatic carbocycles. The van der Waals surface area contributed by atoms with E-state index >= 15 is 0 Å². The number of carbonyl (C=O) groups excluding carboxylic acids is 2.